The second-order valence-corrected chi connectivity index (χ2v) is 4.73. The number of anilines is 1. The van der Waals surface area contributed by atoms with Crippen LogP contribution in [0, 0.1) is 5.92 Å². The monoisotopic (exact) mass is 235 g/mol. The zero-order chi connectivity index (χ0) is 12.8. The van der Waals surface area contributed by atoms with Crippen LogP contribution >= 0.6 is 0 Å². The van der Waals surface area contributed by atoms with Crippen LogP contribution in [-0.4, -0.2) is 26.7 Å². The molecule has 0 bridgehead atoms. The van der Waals surface area contributed by atoms with Gasteiger partial charge in [-0.2, -0.15) is 0 Å². The molecular weight excluding hydrogens is 214 g/mol. The van der Waals surface area contributed by atoms with Crippen molar-refractivity contribution in [3.8, 4) is 0 Å². The highest BCUT2D eigenvalue weighted by Crippen LogP contribution is 2.18. The van der Waals surface area contributed by atoms with Crippen LogP contribution in [0.2, 0.25) is 0 Å². The molecule has 0 saturated heterocycles. The number of hydrogen-bond acceptors (Lipinski definition) is 3. The average molecular weight is 235 g/mol. The lowest BCUT2D eigenvalue weighted by atomic mass is 10.1. The first-order valence-electron chi connectivity index (χ1n) is 5.96. The fourth-order valence-corrected chi connectivity index (χ4v) is 1.50. The van der Waals surface area contributed by atoms with Crippen molar-refractivity contribution in [3.63, 3.8) is 0 Å². The Labute approximate surface area is 103 Å². The molecule has 94 valence electrons. The lowest BCUT2D eigenvalue weighted by Crippen LogP contribution is -2.16. The summed E-state index contributed by atoms with van der Waals surface area (Å²) in [6.45, 7) is 4.71. The molecule has 1 rings (SSSR count). The van der Waals surface area contributed by atoms with Crippen LogP contribution in [0.4, 0.5) is 5.69 Å². The Morgan fingerprint density at radius 1 is 1.29 bits per heavy atom. The van der Waals surface area contributed by atoms with Gasteiger partial charge in [0.05, 0.1) is 17.9 Å². The summed E-state index contributed by atoms with van der Waals surface area (Å²) in [6, 6.07) is 7.48. The third kappa shape index (κ3) is 4.10. The van der Waals surface area contributed by atoms with E-state index in [4.69, 9.17) is 4.74 Å². The zero-order valence-electron chi connectivity index (χ0n) is 11.1. The molecule has 0 N–H and O–H groups in total. The minimum atomic E-state index is -0.241. The van der Waals surface area contributed by atoms with Crippen LogP contribution in [-0.2, 0) is 4.74 Å². The maximum atomic E-state index is 11.9. The van der Waals surface area contributed by atoms with E-state index in [9.17, 15) is 4.79 Å². The topological polar surface area (TPSA) is 29.5 Å². The van der Waals surface area contributed by atoms with E-state index in [1.807, 2.05) is 37.2 Å². The van der Waals surface area contributed by atoms with Gasteiger partial charge in [-0.3, -0.25) is 0 Å². The Hall–Kier alpha value is -1.51. The SMILES string of the molecule is CC(C)CCOC(=O)c1ccccc1N(C)C. The van der Waals surface area contributed by atoms with Crippen molar-refractivity contribution in [2.45, 2.75) is 20.3 Å². The van der Waals surface area contributed by atoms with E-state index < -0.39 is 0 Å². The van der Waals surface area contributed by atoms with E-state index in [2.05, 4.69) is 13.8 Å². The van der Waals surface area contributed by atoms with Crippen molar-refractivity contribution >= 4 is 11.7 Å². The van der Waals surface area contributed by atoms with E-state index in [-0.39, 0.29) is 5.97 Å². The summed E-state index contributed by atoms with van der Waals surface area (Å²) in [5, 5.41) is 0. The molecule has 3 nitrogen and oxygen atoms in total. The van der Waals surface area contributed by atoms with E-state index in [1.165, 1.54) is 0 Å². The van der Waals surface area contributed by atoms with Gasteiger partial charge in [-0.25, -0.2) is 4.79 Å². The Bertz CT molecular complexity index is 372. The third-order valence-corrected chi connectivity index (χ3v) is 2.53. The Kier molecular flexibility index (Phi) is 5.01. The fourth-order valence-electron chi connectivity index (χ4n) is 1.50. The molecule has 0 aliphatic heterocycles. The summed E-state index contributed by atoms with van der Waals surface area (Å²) in [6.07, 6.45) is 0.899. The second kappa shape index (κ2) is 6.28. The minimum Gasteiger partial charge on any atom is -0.462 e. The lowest BCUT2D eigenvalue weighted by Gasteiger charge is -2.16. The number of rotatable bonds is 5. The third-order valence-electron chi connectivity index (χ3n) is 2.53. The number of carbonyl (C=O) groups excluding carboxylic acids is 1. The molecule has 1 aromatic carbocycles. The summed E-state index contributed by atoms with van der Waals surface area (Å²) in [7, 11) is 3.83. The van der Waals surface area contributed by atoms with Crippen LogP contribution < -0.4 is 4.90 Å². The standard InChI is InChI=1S/C14H21NO2/c1-11(2)9-10-17-14(16)12-7-5-6-8-13(12)15(3)4/h5-8,11H,9-10H2,1-4H3. The predicted molar refractivity (Wildman–Crippen MR) is 70.5 cm³/mol. The van der Waals surface area contributed by atoms with Gasteiger partial charge < -0.3 is 9.64 Å². The molecule has 17 heavy (non-hydrogen) atoms. The maximum Gasteiger partial charge on any atom is 0.340 e. The quantitative estimate of drug-likeness (QED) is 0.735. The van der Waals surface area contributed by atoms with Crippen molar-refractivity contribution in [2.24, 2.45) is 5.92 Å². The molecule has 0 saturated carbocycles. The summed E-state index contributed by atoms with van der Waals surface area (Å²) >= 11 is 0. The number of para-hydroxylation sites is 1. The molecule has 0 aliphatic rings. The largest absolute Gasteiger partial charge is 0.462 e. The highest BCUT2D eigenvalue weighted by atomic mass is 16.5. The molecule has 0 amide bonds. The van der Waals surface area contributed by atoms with Gasteiger partial charge in [0.2, 0.25) is 0 Å². The van der Waals surface area contributed by atoms with Crippen LogP contribution in [0.15, 0.2) is 24.3 Å². The molecule has 3 heteroatoms. The van der Waals surface area contributed by atoms with E-state index in [0.717, 1.165) is 12.1 Å². The summed E-state index contributed by atoms with van der Waals surface area (Å²) in [4.78, 5) is 13.8. The first-order chi connectivity index (χ1) is 8.02. The number of nitrogens with zero attached hydrogens (tertiary/aromatic N) is 1. The lowest BCUT2D eigenvalue weighted by molar-refractivity contribution is 0.0489. The van der Waals surface area contributed by atoms with Crippen molar-refractivity contribution in [1.29, 1.82) is 0 Å². The van der Waals surface area contributed by atoms with Gasteiger partial charge in [0, 0.05) is 14.1 Å². The molecule has 0 fully saturated rings. The molecule has 0 atom stereocenters. The van der Waals surface area contributed by atoms with Crippen LogP contribution in [0.1, 0.15) is 30.6 Å². The molecule has 0 radical (unpaired) electrons. The van der Waals surface area contributed by atoms with Crippen LogP contribution in [0.5, 0.6) is 0 Å². The Balaban J connectivity index is 2.68. The molecule has 0 spiro atoms. The molecule has 0 aliphatic carbocycles. The number of carbonyl (C=O) groups is 1. The smallest absolute Gasteiger partial charge is 0.340 e. The van der Waals surface area contributed by atoms with Gasteiger partial charge >= 0.3 is 5.97 Å². The molecule has 0 unspecified atom stereocenters. The van der Waals surface area contributed by atoms with Gasteiger partial charge in [0.15, 0.2) is 0 Å². The highest BCUT2D eigenvalue weighted by Gasteiger charge is 2.13. The van der Waals surface area contributed by atoms with Gasteiger partial charge in [0.1, 0.15) is 0 Å². The van der Waals surface area contributed by atoms with Crippen molar-refractivity contribution in [1.82, 2.24) is 0 Å². The summed E-state index contributed by atoms with van der Waals surface area (Å²) < 4.78 is 5.26. The number of ether oxygens (including phenoxy) is 1. The van der Waals surface area contributed by atoms with E-state index >= 15 is 0 Å². The molecular formula is C14H21NO2. The first-order valence-corrected chi connectivity index (χ1v) is 5.96. The minimum absolute atomic E-state index is 0.241. The van der Waals surface area contributed by atoms with Crippen molar-refractivity contribution in [2.75, 3.05) is 25.6 Å². The van der Waals surface area contributed by atoms with Crippen molar-refractivity contribution in [3.05, 3.63) is 29.8 Å². The van der Waals surface area contributed by atoms with Gasteiger partial charge in [-0.1, -0.05) is 26.0 Å². The van der Waals surface area contributed by atoms with Gasteiger partial charge in [-0.05, 0) is 24.5 Å². The maximum absolute atomic E-state index is 11.9. The normalized spacial score (nSPS) is 10.4. The van der Waals surface area contributed by atoms with Gasteiger partial charge in [-0.15, -0.1) is 0 Å². The van der Waals surface area contributed by atoms with Gasteiger partial charge in [0.25, 0.3) is 0 Å². The first kappa shape index (κ1) is 13.6. The van der Waals surface area contributed by atoms with E-state index in [1.54, 1.807) is 6.07 Å². The predicted octanol–water partition coefficient (Wildman–Crippen LogP) is 2.96. The summed E-state index contributed by atoms with van der Waals surface area (Å²) in [5.41, 5.74) is 1.52. The molecule has 0 heterocycles. The Morgan fingerprint density at radius 2 is 1.94 bits per heavy atom. The van der Waals surface area contributed by atoms with Crippen LogP contribution in [0.25, 0.3) is 0 Å². The van der Waals surface area contributed by atoms with Crippen LogP contribution in [0.3, 0.4) is 0 Å². The molecule has 1 aromatic rings. The number of esters is 1. The highest BCUT2D eigenvalue weighted by molar-refractivity contribution is 5.95. The van der Waals surface area contributed by atoms with Crippen molar-refractivity contribution < 1.29 is 9.53 Å². The average Bonchev–Trinajstić information content (AvgIpc) is 2.28. The number of benzene rings is 1. The van der Waals surface area contributed by atoms with E-state index in [0.29, 0.717) is 18.1 Å². The number of hydrogen-bond donors (Lipinski definition) is 0. The second-order valence-electron chi connectivity index (χ2n) is 4.73. The summed E-state index contributed by atoms with van der Waals surface area (Å²) in [5.74, 6) is 0.307. The molecule has 0 aromatic heterocycles. The fraction of sp³-hybridized carbons (Fsp3) is 0.500. The zero-order valence-corrected chi connectivity index (χ0v) is 11.1. The Morgan fingerprint density at radius 3 is 2.53 bits per heavy atom.